The van der Waals surface area contributed by atoms with Crippen LogP contribution >= 0.6 is 0 Å². The second-order valence-electron chi connectivity index (χ2n) is 10.4. The fraction of sp³-hybridized carbons (Fsp3) is 0.481. The molecule has 4 N–H and O–H groups in total. The first-order valence-electron chi connectivity index (χ1n) is 13.0. The highest BCUT2D eigenvalue weighted by atomic mass is 32.2. The van der Waals surface area contributed by atoms with Crippen LogP contribution in [0.2, 0.25) is 0 Å². The predicted molar refractivity (Wildman–Crippen MR) is 144 cm³/mol. The van der Waals surface area contributed by atoms with Crippen molar-refractivity contribution >= 4 is 39.2 Å². The Kier molecular flexibility index (Phi) is 6.99. The van der Waals surface area contributed by atoms with Crippen LogP contribution in [0.3, 0.4) is 0 Å². The zero-order chi connectivity index (χ0) is 26.3. The van der Waals surface area contributed by atoms with Crippen molar-refractivity contribution in [3.8, 4) is 0 Å². The number of fused-ring (bicyclic) bond motifs is 2. The first-order chi connectivity index (χ1) is 17.7. The van der Waals surface area contributed by atoms with E-state index in [2.05, 4.69) is 34.2 Å². The molecule has 1 aromatic carbocycles. The maximum atomic E-state index is 13.1. The van der Waals surface area contributed by atoms with Crippen molar-refractivity contribution in [1.82, 2.24) is 19.9 Å². The van der Waals surface area contributed by atoms with E-state index in [1.807, 2.05) is 11.0 Å². The van der Waals surface area contributed by atoms with Crippen LogP contribution in [-0.2, 0) is 38.9 Å². The van der Waals surface area contributed by atoms with Crippen molar-refractivity contribution in [3.05, 3.63) is 46.3 Å². The van der Waals surface area contributed by atoms with E-state index in [1.165, 1.54) is 30.4 Å². The van der Waals surface area contributed by atoms with Gasteiger partial charge in [-0.1, -0.05) is 0 Å². The standard InChI is InChI=1S/C27H35N5O4S/c1-16-14-32(15-17(2)29-16)26(33)11-9-20-19-6-4-5-7-23(19)30-25(20)13-22-21-12-18(37(35,36)28-3)8-10-24(21)31-27(22)34/h8,10,12-13,16-17,28-30H,4-7,9,11,14-15H2,1-3H3,(H,31,34). The second-order valence-corrected chi connectivity index (χ2v) is 12.3. The van der Waals surface area contributed by atoms with Crippen LogP contribution in [0.5, 0.6) is 0 Å². The first kappa shape index (κ1) is 25.7. The Morgan fingerprint density at radius 3 is 2.62 bits per heavy atom. The Balaban J connectivity index is 1.47. The van der Waals surface area contributed by atoms with Gasteiger partial charge < -0.3 is 20.5 Å². The molecule has 2 unspecified atom stereocenters. The molecule has 198 valence electrons. The number of nitrogens with one attached hydrogen (secondary N) is 4. The molecule has 3 aliphatic rings. The molecule has 37 heavy (non-hydrogen) atoms. The van der Waals surface area contributed by atoms with Gasteiger partial charge in [0.25, 0.3) is 5.91 Å². The van der Waals surface area contributed by atoms with E-state index in [4.69, 9.17) is 0 Å². The minimum atomic E-state index is -3.65. The summed E-state index contributed by atoms with van der Waals surface area (Å²) in [5.41, 5.74) is 5.92. The van der Waals surface area contributed by atoms with Crippen LogP contribution in [0.1, 0.15) is 61.2 Å². The number of carbonyl (C=O) groups is 2. The summed E-state index contributed by atoms with van der Waals surface area (Å²) >= 11 is 0. The number of piperazine rings is 1. The van der Waals surface area contributed by atoms with E-state index in [9.17, 15) is 18.0 Å². The van der Waals surface area contributed by atoms with E-state index < -0.39 is 10.0 Å². The molecule has 1 aromatic heterocycles. The van der Waals surface area contributed by atoms with Gasteiger partial charge in [-0.2, -0.15) is 0 Å². The van der Waals surface area contributed by atoms with Gasteiger partial charge in [0.05, 0.1) is 10.5 Å². The Hall–Kier alpha value is -2.95. The van der Waals surface area contributed by atoms with Crippen LogP contribution in [0.4, 0.5) is 5.69 Å². The van der Waals surface area contributed by atoms with Crippen molar-refractivity contribution in [2.75, 3.05) is 25.5 Å². The average Bonchev–Trinajstić information content (AvgIpc) is 3.38. The van der Waals surface area contributed by atoms with Crippen LogP contribution < -0.4 is 15.4 Å². The lowest BCUT2D eigenvalue weighted by atomic mass is 9.92. The number of aromatic nitrogens is 1. The number of benzene rings is 1. The third kappa shape index (κ3) is 5.10. The van der Waals surface area contributed by atoms with Crippen LogP contribution in [-0.4, -0.2) is 62.3 Å². The number of nitrogens with zero attached hydrogens (tertiary/aromatic N) is 1. The molecule has 10 heteroatoms. The Morgan fingerprint density at radius 1 is 1.16 bits per heavy atom. The zero-order valence-corrected chi connectivity index (χ0v) is 22.4. The van der Waals surface area contributed by atoms with E-state index >= 15 is 0 Å². The molecular weight excluding hydrogens is 490 g/mol. The van der Waals surface area contributed by atoms with E-state index in [1.54, 1.807) is 6.07 Å². The lowest BCUT2D eigenvalue weighted by molar-refractivity contribution is -0.132. The lowest BCUT2D eigenvalue weighted by Gasteiger charge is -2.36. The summed E-state index contributed by atoms with van der Waals surface area (Å²) in [5.74, 6) is -0.122. The van der Waals surface area contributed by atoms with Crippen molar-refractivity contribution in [1.29, 1.82) is 0 Å². The maximum Gasteiger partial charge on any atom is 0.256 e. The summed E-state index contributed by atoms with van der Waals surface area (Å²) in [4.78, 5) is 31.6. The van der Waals surface area contributed by atoms with Gasteiger partial charge in [0.1, 0.15) is 0 Å². The molecule has 2 amide bonds. The third-order valence-corrected chi connectivity index (χ3v) is 9.00. The van der Waals surface area contributed by atoms with Crippen molar-refractivity contribution in [2.24, 2.45) is 0 Å². The van der Waals surface area contributed by atoms with E-state index in [-0.39, 0.29) is 28.8 Å². The number of amides is 2. The summed E-state index contributed by atoms with van der Waals surface area (Å²) < 4.78 is 27.1. The predicted octanol–water partition coefficient (Wildman–Crippen LogP) is 2.44. The second kappa shape index (κ2) is 10.1. The molecular formula is C27H35N5O4S. The molecule has 5 rings (SSSR count). The smallest absolute Gasteiger partial charge is 0.256 e. The van der Waals surface area contributed by atoms with Gasteiger partial charge in [0.15, 0.2) is 0 Å². The first-order valence-corrected chi connectivity index (χ1v) is 14.5. The largest absolute Gasteiger partial charge is 0.358 e. The number of aromatic amines is 1. The van der Waals surface area contributed by atoms with Gasteiger partial charge in [0.2, 0.25) is 15.9 Å². The van der Waals surface area contributed by atoms with Crippen molar-refractivity contribution in [3.63, 3.8) is 0 Å². The molecule has 1 fully saturated rings. The van der Waals surface area contributed by atoms with Crippen LogP contribution in [0.15, 0.2) is 23.1 Å². The molecule has 0 saturated carbocycles. The molecule has 3 heterocycles. The number of H-pyrrole nitrogens is 1. The normalized spacial score (nSPS) is 22.6. The number of hydrogen-bond donors (Lipinski definition) is 4. The zero-order valence-electron chi connectivity index (χ0n) is 21.6. The number of aryl methyl sites for hydroxylation is 1. The molecule has 0 spiro atoms. The number of anilines is 1. The number of hydrogen-bond acceptors (Lipinski definition) is 5. The Morgan fingerprint density at radius 2 is 1.89 bits per heavy atom. The van der Waals surface area contributed by atoms with E-state index in [0.29, 0.717) is 42.8 Å². The summed E-state index contributed by atoms with van der Waals surface area (Å²) in [7, 11) is -2.29. The van der Waals surface area contributed by atoms with Gasteiger partial charge in [0, 0.05) is 54.2 Å². The topological polar surface area (TPSA) is 123 Å². The molecule has 0 radical (unpaired) electrons. The monoisotopic (exact) mass is 525 g/mol. The summed E-state index contributed by atoms with van der Waals surface area (Å²) in [6, 6.07) is 5.17. The van der Waals surface area contributed by atoms with Gasteiger partial charge in [-0.05, 0) is 88.4 Å². The summed E-state index contributed by atoms with van der Waals surface area (Å²) in [6.45, 7) is 5.61. The van der Waals surface area contributed by atoms with Gasteiger partial charge >= 0.3 is 0 Å². The van der Waals surface area contributed by atoms with Crippen molar-refractivity contribution in [2.45, 2.75) is 69.4 Å². The molecule has 2 aliphatic heterocycles. The summed E-state index contributed by atoms with van der Waals surface area (Å²) in [5, 5.41) is 6.31. The number of rotatable bonds is 6. The molecule has 9 nitrogen and oxygen atoms in total. The van der Waals surface area contributed by atoms with E-state index in [0.717, 1.165) is 36.9 Å². The highest BCUT2D eigenvalue weighted by Gasteiger charge is 2.29. The minimum absolute atomic E-state index is 0.104. The van der Waals surface area contributed by atoms with Crippen LogP contribution in [0.25, 0.3) is 11.6 Å². The lowest BCUT2D eigenvalue weighted by Crippen LogP contribution is -2.55. The molecule has 1 saturated heterocycles. The third-order valence-electron chi connectivity index (χ3n) is 7.58. The van der Waals surface area contributed by atoms with Crippen LogP contribution in [0, 0.1) is 0 Å². The average molecular weight is 526 g/mol. The van der Waals surface area contributed by atoms with Gasteiger partial charge in [-0.3, -0.25) is 9.59 Å². The number of carbonyl (C=O) groups excluding carboxylic acids is 2. The molecule has 0 bridgehead atoms. The summed E-state index contributed by atoms with van der Waals surface area (Å²) in [6.07, 6.45) is 6.93. The maximum absolute atomic E-state index is 13.1. The quantitative estimate of drug-likeness (QED) is 0.432. The van der Waals surface area contributed by atoms with Crippen molar-refractivity contribution < 1.29 is 18.0 Å². The SMILES string of the molecule is CNS(=O)(=O)c1ccc2c(c1)C(=Cc1[nH]c3c(c1CCC(=O)N1CC(C)NC(C)C1)CCCC3)C(=O)N2. The Bertz CT molecular complexity index is 1370. The fourth-order valence-electron chi connectivity index (χ4n) is 5.85. The molecule has 1 aliphatic carbocycles. The van der Waals surface area contributed by atoms with Gasteiger partial charge in [-0.25, -0.2) is 13.1 Å². The minimum Gasteiger partial charge on any atom is -0.358 e. The van der Waals surface area contributed by atoms with Gasteiger partial charge in [-0.15, -0.1) is 0 Å². The highest BCUT2D eigenvalue weighted by Crippen LogP contribution is 2.37. The highest BCUT2D eigenvalue weighted by molar-refractivity contribution is 7.89. The fourth-order valence-corrected chi connectivity index (χ4v) is 6.60. The molecule has 2 atom stereocenters. The molecule has 2 aromatic rings. The number of sulfonamides is 1. The Labute approximate surface area is 218 Å².